The smallest absolute Gasteiger partial charge is 0.228 e. The maximum absolute atomic E-state index is 6.01. The number of anilines is 2. The molecule has 0 spiro atoms. The number of rotatable bonds is 5. The molecule has 4 heterocycles. The van der Waals surface area contributed by atoms with E-state index >= 15 is 0 Å². The Morgan fingerprint density at radius 3 is 2.83 bits per heavy atom. The predicted molar refractivity (Wildman–Crippen MR) is 113 cm³/mol. The minimum atomic E-state index is -0.141. The molecule has 5 rings (SSSR count). The average molecular weight is 399 g/mol. The van der Waals surface area contributed by atoms with E-state index in [1.165, 1.54) is 10.9 Å². The van der Waals surface area contributed by atoms with E-state index in [9.17, 15) is 0 Å². The quantitative estimate of drug-likeness (QED) is 0.548. The minimum Gasteiger partial charge on any atom is -0.369 e. The van der Waals surface area contributed by atoms with Crippen LogP contribution >= 0.6 is 0 Å². The van der Waals surface area contributed by atoms with E-state index in [1.54, 1.807) is 30.9 Å². The fraction of sp³-hybridized carbons (Fsp3) is 0.227. The lowest BCUT2D eigenvalue weighted by Crippen LogP contribution is -2.38. The fourth-order valence-corrected chi connectivity index (χ4v) is 3.65. The van der Waals surface area contributed by atoms with Gasteiger partial charge in [-0.05, 0) is 23.8 Å². The molecule has 0 bridgehead atoms. The molecule has 1 unspecified atom stereocenters. The third kappa shape index (κ3) is 4.10. The van der Waals surface area contributed by atoms with Crippen LogP contribution in [0.25, 0.3) is 10.9 Å². The standard InChI is InChI=1S/C22H21N7O/c1-4-16(17-5-2-7-24-18(17)6-1)14-29-10-11-30-20(15-29)19-12-23-13-21(27-19)28-22-25-8-3-9-26-22/h1-9,12-13,20H,10-11,14-15H2,(H,25,26,27,28). The van der Waals surface area contributed by atoms with Gasteiger partial charge in [0.25, 0.3) is 0 Å². The lowest BCUT2D eigenvalue weighted by molar-refractivity contribution is -0.0349. The zero-order chi connectivity index (χ0) is 20.2. The first-order valence-corrected chi connectivity index (χ1v) is 9.88. The number of morpholine rings is 1. The van der Waals surface area contributed by atoms with Crippen LogP contribution in [0.4, 0.5) is 11.8 Å². The first kappa shape index (κ1) is 18.5. The lowest BCUT2D eigenvalue weighted by atomic mass is 10.1. The number of fused-ring (bicyclic) bond motifs is 1. The molecule has 0 amide bonds. The van der Waals surface area contributed by atoms with Crippen molar-refractivity contribution in [2.75, 3.05) is 25.0 Å². The van der Waals surface area contributed by atoms with Gasteiger partial charge in [0.2, 0.25) is 5.95 Å². The number of hydrogen-bond acceptors (Lipinski definition) is 8. The Morgan fingerprint density at radius 1 is 1.00 bits per heavy atom. The van der Waals surface area contributed by atoms with E-state index in [0.29, 0.717) is 18.4 Å². The zero-order valence-corrected chi connectivity index (χ0v) is 16.3. The summed E-state index contributed by atoms with van der Waals surface area (Å²) in [6.07, 6.45) is 8.46. The second-order valence-electron chi connectivity index (χ2n) is 7.11. The number of pyridine rings is 1. The summed E-state index contributed by atoms with van der Waals surface area (Å²) in [6, 6.07) is 12.2. The van der Waals surface area contributed by atoms with Gasteiger partial charge in [0.15, 0.2) is 5.82 Å². The van der Waals surface area contributed by atoms with Crippen LogP contribution in [-0.4, -0.2) is 49.5 Å². The number of nitrogens with zero attached hydrogens (tertiary/aromatic N) is 6. The van der Waals surface area contributed by atoms with E-state index in [1.807, 2.05) is 18.3 Å². The molecule has 150 valence electrons. The molecule has 1 aliphatic rings. The van der Waals surface area contributed by atoms with E-state index in [2.05, 4.69) is 53.3 Å². The van der Waals surface area contributed by atoms with Gasteiger partial charge in [0.1, 0.15) is 6.10 Å². The molecule has 8 nitrogen and oxygen atoms in total. The molecular weight excluding hydrogens is 378 g/mol. The van der Waals surface area contributed by atoms with Crippen molar-refractivity contribution in [3.8, 4) is 0 Å². The zero-order valence-electron chi connectivity index (χ0n) is 16.3. The molecule has 4 aromatic rings. The highest BCUT2D eigenvalue weighted by Gasteiger charge is 2.24. The average Bonchev–Trinajstić information content (AvgIpc) is 2.80. The Hall–Kier alpha value is -3.49. The first-order valence-electron chi connectivity index (χ1n) is 9.88. The molecule has 1 aromatic carbocycles. The highest BCUT2D eigenvalue weighted by Crippen LogP contribution is 2.24. The topological polar surface area (TPSA) is 89.0 Å². The molecule has 8 heteroatoms. The summed E-state index contributed by atoms with van der Waals surface area (Å²) in [5.74, 6) is 1.08. The summed E-state index contributed by atoms with van der Waals surface area (Å²) in [7, 11) is 0. The van der Waals surface area contributed by atoms with Crippen molar-refractivity contribution in [3.63, 3.8) is 0 Å². The van der Waals surface area contributed by atoms with E-state index in [4.69, 9.17) is 4.74 Å². The monoisotopic (exact) mass is 399 g/mol. The maximum atomic E-state index is 6.01. The molecule has 0 aliphatic carbocycles. The molecule has 1 aliphatic heterocycles. The molecule has 1 N–H and O–H groups in total. The van der Waals surface area contributed by atoms with Crippen molar-refractivity contribution in [1.82, 2.24) is 29.8 Å². The van der Waals surface area contributed by atoms with Crippen LogP contribution in [0.15, 0.2) is 67.4 Å². The Labute approximate surface area is 174 Å². The van der Waals surface area contributed by atoms with Gasteiger partial charge < -0.3 is 10.1 Å². The minimum absolute atomic E-state index is 0.141. The Bertz CT molecular complexity index is 1130. The molecule has 0 saturated carbocycles. The number of aromatic nitrogens is 5. The summed E-state index contributed by atoms with van der Waals surface area (Å²) in [5, 5.41) is 4.27. The molecule has 0 radical (unpaired) electrons. The second kappa shape index (κ2) is 8.48. The molecular formula is C22H21N7O. The van der Waals surface area contributed by atoms with Gasteiger partial charge >= 0.3 is 0 Å². The normalized spacial score (nSPS) is 17.1. The number of hydrogen-bond donors (Lipinski definition) is 1. The Balaban J connectivity index is 1.31. The molecule has 30 heavy (non-hydrogen) atoms. The van der Waals surface area contributed by atoms with E-state index in [-0.39, 0.29) is 6.10 Å². The summed E-state index contributed by atoms with van der Waals surface area (Å²) in [5.41, 5.74) is 3.08. The summed E-state index contributed by atoms with van der Waals surface area (Å²) in [4.78, 5) is 24.2. The second-order valence-corrected chi connectivity index (χ2v) is 7.11. The van der Waals surface area contributed by atoms with E-state index in [0.717, 1.165) is 30.8 Å². The summed E-state index contributed by atoms with van der Waals surface area (Å²) >= 11 is 0. The van der Waals surface area contributed by atoms with E-state index < -0.39 is 0 Å². The van der Waals surface area contributed by atoms with Crippen molar-refractivity contribution in [1.29, 1.82) is 0 Å². The van der Waals surface area contributed by atoms with Crippen molar-refractivity contribution < 1.29 is 4.74 Å². The van der Waals surface area contributed by atoms with Gasteiger partial charge in [0.05, 0.1) is 30.2 Å². The lowest BCUT2D eigenvalue weighted by Gasteiger charge is -2.32. The third-order valence-corrected chi connectivity index (χ3v) is 5.07. The highest BCUT2D eigenvalue weighted by atomic mass is 16.5. The van der Waals surface area contributed by atoms with Crippen molar-refractivity contribution in [2.45, 2.75) is 12.6 Å². The van der Waals surface area contributed by atoms with Crippen molar-refractivity contribution >= 4 is 22.7 Å². The molecule has 1 saturated heterocycles. The maximum Gasteiger partial charge on any atom is 0.228 e. The molecule has 1 atom stereocenters. The molecule has 1 fully saturated rings. The van der Waals surface area contributed by atoms with Crippen LogP contribution in [0, 0.1) is 0 Å². The van der Waals surface area contributed by atoms with Gasteiger partial charge in [0, 0.05) is 43.6 Å². The van der Waals surface area contributed by atoms with Crippen LogP contribution < -0.4 is 5.32 Å². The molecule has 3 aromatic heterocycles. The summed E-state index contributed by atoms with van der Waals surface area (Å²) < 4.78 is 6.01. The van der Waals surface area contributed by atoms with Crippen LogP contribution in [0.1, 0.15) is 17.4 Å². The first-order chi connectivity index (χ1) is 14.8. The Morgan fingerprint density at radius 2 is 1.90 bits per heavy atom. The van der Waals surface area contributed by atoms with Gasteiger partial charge in [-0.1, -0.05) is 18.2 Å². The number of nitrogens with one attached hydrogen (secondary N) is 1. The van der Waals surface area contributed by atoms with Crippen LogP contribution in [0.3, 0.4) is 0 Å². The summed E-state index contributed by atoms with van der Waals surface area (Å²) in [6.45, 7) is 3.11. The largest absolute Gasteiger partial charge is 0.369 e. The number of benzene rings is 1. The number of ether oxygens (including phenoxy) is 1. The van der Waals surface area contributed by atoms with Crippen molar-refractivity contribution in [2.24, 2.45) is 0 Å². The van der Waals surface area contributed by atoms with Crippen molar-refractivity contribution in [3.05, 3.63) is 78.6 Å². The fourth-order valence-electron chi connectivity index (χ4n) is 3.65. The van der Waals surface area contributed by atoms with Crippen LogP contribution in [0.5, 0.6) is 0 Å². The SMILES string of the molecule is c1cnc(Nc2cncc(C3CN(Cc4cccc5ncccc45)CCO3)n2)nc1. The van der Waals surface area contributed by atoms with Gasteiger partial charge in [-0.25, -0.2) is 15.0 Å². The van der Waals surface area contributed by atoms with Crippen LogP contribution in [-0.2, 0) is 11.3 Å². The Kier molecular flexibility index (Phi) is 5.24. The highest BCUT2D eigenvalue weighted by molar-refractivity contribution is 5.81. The van der Waals surface area contributed by atoms with Gasteiger partial charge in [-0.2, -0.15) is 0 Å². The van der Waals surface area contributed by atoms with Crippen LogP contribution in [0.2, 0.25) is 0 Å². The third-order valence-electron chi connectivity index (χ3n) is 5.07. The predicted octanol–water partition coefficient (Wildman–Crippen LogP) is 3.13. The van der Waals surface area contributed by atoms with Gasteiger partial charge in [-0.15, -0.1) is 0 Å². The van der Waals surface area contributed by atoms with Gasteiger partial charge in [-0.3, -0.25) is 14.9 Å².